The van der Waals surface area contributed by atoms with Crippen LogP contribution >= 0.6 is 0 Å². The second-order valence-corrected chi connectivity index (χ2v) is 6.83. The van der Waals surface area contributed by atoms with E-state index in [9.17, 15) is 9.59 Å². The number of hydrogen-bond acceptors (Lipinski definition) is 3. The van der Waals surface area contributed by atoms with Gasteiger partial charge in [0.05, 0.1) is 6.04 Å². The number of amides is 2. The van der Waals surface area contributed by atoms with Gasteiger partial charge in [-0.15, -0.1) is 0 Å². The van der Waals surface area contributed by atoms with Crippen molar-refractivity contribution < 1.29 is 9.59 Å². The molecular formula is C19H27N3O2. The van der Waals surface area contributed by atoms with Crippen molar-refractivity contribution in [2.24, 2.45) is 0 Å². The van der Waals surface area contributed by atoms with Gasteiger partial charge in [-0.3, -0.25) is 14.5 Å². The predicted octanol–water partition coefficient (Wildman–Crippen LogP) is 1.90. The highest BCUT2D eigenvalue weighted by molar-refractivity contribution is 5.78. The van der Waals surface area contributed by atoms with E-state index < -0.39 is 0 Å². The summed E-state index contributed by atoms with van der Waals surface area (Å²) in [6.45, 7) is 4.03. The zero-order valence-electron chi connectivity index (χ0n) is 14.5. The molecule has 0 saturated carbocycles. The van der Waals surface area contributed by atoms with Crippen molar-refractivity contribution in [1.82, 2.24) is 14.7 Å². The third kappa shape index (κ3) is 3.96. The second-order valence-electron chi connectivity index (χ2n) is 6.83. The van der Waals surface area contributed by atoms with E-state index in [1.165, 1.54) is 5.56 Å². The molecule has 2 heterocycles. The molecular weight excluding hydrogens is 302 g/mol. The quantitative estimate of drug-likeness (QED) is 0.829. The van der Waals surface area contributed by atoms with Gasteiger partial charge in [0.2, 0.25) is 11.8 Å². The molecule has 1 aromatic rings. The first-order valence-electron chi connectivity index (χ1n) is 8.96. The highest BCUT2D eigenvalue weighted by Crippen LogP contribution is 2.24. The Morgan fingerprint density at radius 2 is 1.96 bits per heavy atom. The number of rotatable bonds is 5. The molecule has 0 N–H and O–H groups in total. The fraction of sp³-hybridized carbons (Fsp3) is 0.579. The van der Waals surface area contributed by atoms with E-state index in [4.69, 9.17) is 0 Å². The zero-order chi connectivity index (χ0) is 16.9. The van der Waals surface area contributed by atoms with Crippen LogP contribution < -0.4 is 0 Å². The zero-order valence-corrected chi connectivity index (χ0v) is 14.5. The van der Waals surface area contributed by atoms with Crippen LogP contribution in [-0.4, -0.2) is 66.3 Å². The number of likely N-dealkylation sites (N-methyl/N-ethyl adjacent to an activating group) is 1. The number of likely N-dealkylation sites (tertiary alicyclic amines) is 1. The lowest BCUT2D eigenvalue weighted by atomic mass is 10.0. The Morgan fingerprint density at radius 3 is 2.67 bits per heavy atom. The van der Waals surface area contributed by atoms with Gasteiger partial charge in [-0.1, -0.05) is 30.3 Å². The first kappa shape index (κ1) is 17.0. The molecule has 3 rings (SSSR count). The highest BCUT2D eigenvalue weighted by Gasteiger charge is 2.28. The number of nitrogens with zero attached hydrogens (tertiary/aromatic N) is 3. The third-order valence-electron chi connectivity index (χ3n) is 5.18. The van der Waals surface area contributed by atoms with Crippen LogP contribution in [0.3, 0.4) is 0 Å². The molecule has 0 radical (unpaired) electrons. The molecule has 5 nitrogen and oxygen atoms in total. The van der Waals surface area contributed by atoms with Crippen LogP contribution in [-0.2, 0) is 9.59 Å². The summed E-state index contributed by atoms with van der Waals surface area (Å²) in [5.74, 6) is 0.460. The van der Waals surface area contributed by atoms with Crippen molar-refractivity contribution in [3.8, 4) is 0 Å². The number of piperazine rings is 1. The summed E-state index contributed by atoms with van der Waals surface area (Å²) in [5.41, 5.74) is 1.26. The summed E-state index contributed by atoms with van der Waals surface area (Å²) >= 11 is 0. The van der Waals surface area contributed by atoms with E-state index in [1.54, 1.807) is 0 Å². The molecule has 2 aliphatic heterocycles. The maximum Gasteiger partial charge on any atom is 0.222 e. The molecule has 0 bridgehead atoms. The van der Waals surface area contributed by atoms with Crippen LogP contribution in [0.25, 0.3) is 0 Å². The monoisotopic (exact) mass is 329 g/mol. The third-order valence-corrected chi connectivity index (χ3v) is 5.18. The minimum absolute atomic E-state index is 0.218. The SMILES string of the molecule is CN1CCN(C(=O)CCCN2CCCC2=O)C[C@H]1c1ccccc1. The van der Waals surface area contributed by atoms with Gasteiger partial charge in [0, 0.05) is 45.6 Å². The van der Waals surface area contributed by atoms with E-state index in [1.807, 2.05) is 15.9 Å². The largest absolute Gasteiger partial charge is 0.343 e. The fourth-order valence-electron chi connectivity index (χ4n) is 3.66. The molecule has 0 spiro atoms. The Morgan fingerprint density at radius 1 is 1.17 bits per heavy atom. The summed E-state index contributed by atoms with van der Waals surface area (Å²) in [7, 11) is 2.12. The van der Waals surface area contributed by atoms with Crippen LogP contribution in [0.1, 0.15) is 37.3 Å². The minimum Gasteiger partial charge on any atom is -0.343 e. The Balaban J connectivity index is 1.50. The van der Waals surface area contributed by atoms with Gasteiger partial charge in [-0.2, -0.15) is 0 Å². The molecule has 0 unspecified atom stereocenters. The van der Waals surface area contributed by atoms with E-state index in [-0.39, 0.29) is 17.9 Å². The average molecular weight is 329 g/mol. The van der Waals surface area contributed by atoms with Gasteiger partial charge >= 0.3 is 0 Å². The van der Waals surface area contributed by atoms with Crippen molar-refractivity contribution in [3.63, 3.8) is 0 Å². The maximum absolute atomic E-state index is 12.5. The van der Waals surface area contributed by atoms with Gasteiger partial charge < -0.3 is 9.80 Å². The minimum atomic E-state index is 0.218. The van der Waals surface area contributed by atoms with Gasteiger partial charge in [-0.25, -0.2) is 0 Å². The van der Waals surface area contributed by atoms with E-state index in [0.717, 1.165) is 45.6 Å². The molecule has 0 aromatic heterocycles. The highest BCUT2D eigenvalue weighted by atomic mass is 16.2. The smallest absolute Gasteiger partial charge is 0.222 e. The fourth-order valence-corrected chi connectivity index (χ4v) is 3.66. The van der Waals surface area contributed by atoms with Crippen molar-refractivity contribution in [3.05, 3.63) is 35.9 Å². The molecule has 1 atom stereocenters. The lowest BCUT2D eigenvalue weighted by molar-refractivity contribution is -0.135. The molecule has 0 aliphatic carbocycles. The Kier molecular flexibility index (Phi) is 5.51. The lowest BCUT2D eigenvalue weighted by Gasteiger charge is -2.39. The average Bonchev–Trinajstić information content (AvgIpc) is 3.01. The van der Waals surface area contributed by atoms with Crippen LogP contribution in [0.2, 0.25) is 0 Å². The van der Waals surface area contributed by atoms with Crippen molar-refractivity contribution in [2.45, 2.75) is 31.7 Å². The van der Waals surface area contributed by atoms with E-state index in [0.29, 0.717) is 12.8 Å². The topological polar surface area (TPSA) is 43.9 Å². The summed E-state index contributed by atoms with van der Waals surface area (Å²) < 4.78 is 0. The lowest BCUT2D eigenvalue weighted by Crippen LogP contribution is -2.49. The number of benzene rings is 1. The predicted molar refractivity (Wildman–Crippen MR) is 93.4 cm³/mol. The van der Waals surface area contributed by atoms with E-state index >= 15 is 0 Å². The molecule has 2 aliphatic rings. The molecule has 2 amide bonds. The standard InChI is InChI=1S/C19H27N3O2/c1-20-13-14-22(15-17(20)16-7-3-2-4-8-16)19(24)10-6-12-21-11-5-9-18(21)23/h2-4,7-8,17H,5-6,9-15H2,1H3/t17-/m0/s1. The Bertz CT molecular complexity index is 575. The van der Waals surface area contributed by atoms with Gasteiger partial charge in [0.15, 0.2) is 0 Å². The molecule has 130 valence electrons. The first-order chi connectivity index (χ1) is 11.6. The van der Waals surface area contributed by atoms with Gasteiger partial charge in [-0.05, 0) is 25.5 Å². The normalized spacial score (nSPS) is 22.2. The maximum atomic E-state index is 12.5. The van der Waals surface area contributed by atoms with Gasteiger partial charge in [0.1, 0.15) is 0 Å². The number of carbonyl (C=O) groups is 2. The van der Waals surface area contributed by atoms with Gasteiger partial charge in [0.25, 0.3) is 0 Å². The van der Waals surface area contributed by atoms with Crippen molar-refractivity contribution in [2.75, 3.05) is 39.8 Å². The Hall–Kier alpha value is -1.88. The first-order valence-corrected chi connectivity index (χ1v) is 8.96. The van der Waals surface area contributed by atoms with E-state index in [2.05, 4.69) is 36.2 Å². The summed E-state index contributed by atoms with van der Waals surface area (Å²) in [6, 6.07) is 10.7. The molecule has 2 fully saturated rings. The second kappa shape index (κ2) is 7.79. The molecule has 2 saturated heterocycles. The molecule has 1 aromatic carbocycles. The summed E-state index contributed by atoms with van der Waals surface area (Å²) in [6.07, 6.45) is 2.94. The number of carbonyl (C=O) groups excluding carboxylic acids is 2. The van der Waals surface area contributed by atoms with Crippen molar-refractivity contribution >= 4 is 11.8 Å². The van der Waals surface area contributed by atoms with Crippen LogP contribution in [0, 0.1) is 0 Å². The molecule has 5 heteroatoms. The van der Waals surface area contributed by atoms with Crippen LogP contribution in [0.15, 0.2) is 30.3 Å². The van der Waals surface area contributed by atoms with Crippen LogP contribution in [0.5, 0.6) is 0 Å². The molecule has 24 heavy (non-hydrogen) atoms. The summed E-state index contributed by atoms with van der Waals surface area (Å²) in [5, 5.41) is 0. The Labute approximate surface area is 144 Å². The van der Waals surface area contributed by atoms with Crippen LogP contribution in [0.4, 0.5) is 0 Å². The summed E-state index contributed by atoms with van der Waals surface area (Å²) in [4.78, 5) is 30.4. The number of hydrogen-bond donors (Lipinski definition) is 0. The van der Waals surface area contributed by atoms with Crippen molar-refractivity contribution in [1.29, 1.82) is 0 Å².